The van der Waals surface area contributed by atoms with Crippen LogP contribution in [0.3, 0.4) is 0 Å². The number of benzene rings is 1. The molecule has 122 valence electrons. The van der Waals surface area contributed by atoms with Crippen molar-refractivity contribution in [2.75, 3.05) is 26.8 Å². The number of amides is 1. The van der Waals surface area contributed by atoms with Crippen molar-refractivity contribution >= 4 is 24.3 Å². The molecule has 0 bridgehead atoms. The number of nitrogens with two attached hydrogens (primary N) is 1. The summed E-state index contributed by atoms with van der Waals surface area (Å²) >= 11 is 0. The van der Waals surface area contributed by atoms with Gasteiger partial charge in [-0.1, -0.05) is 12.1 Å². The second kappa shape index (κ2) is 8.73. The molecule has 1 aromatic rings. The van der Waals surface area contributed by atoms with E-state index in [0.717, 1.165) is 5.56 Å². The molecule has 1 aromatic carbocycles. The van der Waals surface area contributed by atoms with Crippen molar-refractivity contribution in [2.24, 2.45) is 5.73 Å². The van der Waals surface area contributed by atoms with Gasteiger partial charge in [0.15, 0.2) is 0 Å². The largest absolute Gasteiger partial charge is 0.469 e. The van der Waals surface area contributed by atoms with Gasteiger partial charge in [0.2, 0.25) is 0 Å². The van der Waals surface area contributed by atoms with Crippen molar-refractivity contribution in [3.05, 3.63) is 35.4 Å². The van der Waals surface area contributed by atoms with Crippen LogP contribution < -0.4 is 5.73 Å². The van der Waals surface area contributed by atoms with E-state index in [9.17, 15) is 9.59 Å². The van der Waals surface area contributed by atoms with Gasteiger partial charge in [-0.2, -0.15) is 0 Å². The quantitative estimate of drug-likeness (QED) is 0.833. The van der Waals surface area contributed by atoms with Gasteiger partial charge in [0.05, 0.1) is 26.2 Å². The summed E-state index contributed by atoms with van der Waals surface area (Å²) in [6.07, 6.45) is -0.148. The zero-order valence-corrected chi connectivity index (χ0v) is 13.3. The number of rotatable bonds is 4. The lowest BCUT2D eigenvalue weighted by Gasteiger charge is -2.32. The van der Waals surface area contributed by atoms with Crippen LogP contribution in [0.2, 0.25) is 0 Å². The summed E-state index contributed by atoms with van der Waals surface area (Å²) in [5, 5.41) is 0. The van der Waals surface area contributed by atoms with Crippen LogP contribution in [0.15, 0.2) is 24.3 Å². The topological polar surface area (TPSA) is 81.9 Å². The Balaban J connectivity index is 0.00000242. The second-order valence-corrected chi connectivity index (χ2v) is 4.93. The van der Waals surface area contributed by atoms with Crippen molar-refractivity contribution in [3.63, 3.8) is 0 Å². The third-order valence-electron chi connectivity index (χ3n) is 3.48. The van der Waals surface area contributed by atoms with Crippen molar-refractivity contribution in [2.45, 2.75) is 19.1 Å². The number of morpholine rings is 1. The Morgan fingerprint density at radius 2 is 2.05 bits per heavy atom. The first-order valence-corrected chi connectivity index (χ1v) is 6.90. The molecule has 1 unspecified atom stereocenters. The van der Waals surface area contributed by atoms with Crippen LogP contribution in [0.4, 0.5) is 0 Å². The smallest absolute Gasteiger partial charge is 0.308 e. The van der Waals surface area contributed by atoms with Gasteiger partial charge >= 0.3 is 5.97 Å². The van der Waals surface area contributed by atoms with Crippen molar-refractivity contribution in [1.29, 1.82) is 0 Å². The van der Waals surface area contributed by atoms with E-state index in [4.69, 9.17) is 10.5 Å². The number of hydrogen-bond donors (Lipinski definition) is 1. The SMILES string of the molecule is COC(=O)CC1CN(C(=O)c2ccc(CN)cc2)CCO1.Cl. The van der Waals surface area contributed by atoms with Crippen LogP contribution in [0.5, 0.6) is 0 Å². The lowest BCUT2D eigenvalue weighted by molar-refractivity contribution is -0.145. The molecule has 1 fully saturated rings. The molecule has 0 spiro atoms. The molecule has 0 aromatic heterocycles. The first kappa shape index (κ1) is 18.4. The Hall–Kier alpha value is -1.63. The van der Waals surface area contributed by atoms with Crippen LogP contribution in [0.25, 0.3) is 0 Å². The Bertz CT molecular complexity index is 507. The summed E-state index contributed by atoms with van der Waals surface area (Å²) < 4.78 is 10.1. The first-order valence-electron chi connectivity index (χ1n) is 6.90. The molecule has 2 rings (SSSR count). The van der Waals surface area contributed by atoms with Gasteiger partial charge in [0.25, 0.3) is 5.91 Å². The van der Waals surface area contributed by atoms with Crippen LogP contribution in [-0.2, 0) is 20.8 Å². The minimum atomic E-state index is -0.332. The Labute approximate surface area is 136 Å². The molecule has 1 saturated heterocycles. The number of carbonyl (C=O) groups is 2. The minimum Gasteiger partial charge on any atom is -0.469 e. The average molecular weight is 329 g/mol. The number of ether oxygens (including phenoxy) is 2. The van der Waals surface area contributed by atoms with E-state index >= 15 is 0 Å². The Morgan fingerprint density at radius 3 is 2.64 bits per heavy atom. The summed E-state index contributed by atoms with van der Waals surface area (Å²) in [6, 6.07) is 7.24. The zero-order chi connectivity index (χ0) is 15.2. The fourth-order valence-electron chi connectivity index (χ4n) is 2.26. The second-order valence-electron chi connectivity index (χ2n) is 4.93. The number of halogens is 1. The highest BCUT2D eigenvalue weighted by atomic mass is 35.5. The molecule has 1 aliphatic rings. The summed E-state index contributed by atoms with van der Waals surface area (Å²) in [4.78, 5) is 25.4. The maximum absolute atomic E-state index is 12.4. The highest BCUT2D eigenvalue weighted by Crippen LogP contribution is 2.14. The first-order chi connectivity index (χ1) is 10.1. The molecule has 1 amide bonds. The van der Waals surface area contributed by atoms with E-state index in [1.54, 1.807) is 17.0 Å². The van der Waals surface area contributed by atoms with Crippen LogP contribution in [0.1, 0.15) is 22.3 Å². The molecule has 0 radical (unpaired) electrons. The highest BCUT2D eigenvalue weighted by Gasteiger charge is 2.26. The predicted octanol–water partition coefficient (Wildman–Crippen LogP) is 0.971. The van der Waals surface area contributed by atoms with E-state index < -0.39 is 0 Å². The zero-order valence-electron chi connectivity index (χ0n) is 12.5. The summed E-state index contributed by atoms with van der Waals surface area (Å²) in [6.45, 7) is 1.79. The standard InChI is InChI=1S/C15H20N2O4.ClH/c1-20-14(18)8-13-10-17(6-7-21-13)15(19)12-4-2-11(9-16)3-5-12;/h2-5,13H,6-10,16H2,1H3;1H. The Morgan fingerprint density at radius 1 is 1.36 bits per heavy atom. The number of esters is 1. The fraction of sp³-hybridized carbons (Fsp3) is 0.467. The van der Waals surface area contributed by atoms with Crippen LogP contribution in [0, 0.1) is 0 Å². The molecular formula is C15H21ClN2O4. The Kier molecular flexibility index (Phi) is 7.31. The van der Waals surface area contributed by atoms with Crippen molar-refractivity contribution in [1.82, 2.24) is 4.90 Å². The van der Waals surface area contributed by atoms with E-state index in [1.807, 2.05) is 12.1 Å². The van der Waals surface area contributed by atoms with Gasteiger partial charge in [0.1, 0.15) is 0 Å². The molecule has 0 aliphatic carbocycles. The number of nitrogens with zero attached hydrogens (tertiary/aromatic N) is 1. The van der Waals surface area contributed by atoms with Crippen LogP contribution in [-0.4, -0.2) is 49.7 Å². The maximum Gasteiger partial charge on any atom is 0.308 e. The molecule has 22 heavy (non-hydrogen) atoms. The number of carbonyl (C=O) groups excluding carboxylic acids is 2. The van der Waals surface area contributed by atoms with Crippen molar-refractivity contribution < 1.29 is 19.1 Å². The van der Waals surface area contributed by atoms with Gasteiger partial charge in [-0.15, -0.1) is 12.4 Å². The van der Waals surface area contributed by atoms with Gasteiger partial charge in [0, 0.05) is 25.2 Å². The van der Waals surface area contributed by atoms with Gasteiger partial charge < -0.3 is 20.1 Å². The molecule has 1 aliphatic heterocycles. The van der Waals surface area contributed by atoms with E-state index in [2.05, 4.69) is 4.74 Å². The lowest BCUT2D eigenvalue weighted by Crippen LogP contribution is -2.46. The summed E-state index contributed by atoms with van der Waals surface area (Å²) in [5.74, 6) is -0.390. The molecule has 7 heteroatoms. The van der Waals surface area contributed by atoms with E-state index in [-0.39, 0.29) is 36.8 Å². The minimum absolute atomic E-state index is 0. The van der Waals surface area contributed by atoms with E-state index in [1.165, 1.54) is 7.11 Å². The summed E-state index contributed by atoms with van der Waals surface area (Å²) in [5.41, 5.74) is 7.14. The maximum atomic E-state index is 12.4. The fourth-order valence-corrected chi connectivity index (χ4v) is 2.26. The molecular weight excluding hydrogens is 308 g/mol. The normalized spacial score (nSPS) is 17.5. The lowest BCUT2D eigenvalue weighted by atomic mass is 10.1. The molecule has 1 heterocycles. The average Bonchev–Trinajstić information content (AvgIpc) is 2.54. The monoisotopic (exact) mass is 328 g/mol. The van der Waals surface area contributed by atoms with E-state index in [0.29, 0.717) is 31.8 Å². The molecule has 2 N–H and O–H groups in total. The highest BCUT2D eigenvalue weighted by molar-refractivity contribution is 5.94. The van der Waals surface area contributed by atoms with Crippen molar-refractivity contribution in [3.8, 4) is 0 Å². The third-order valence-corrected chi connectivity index (χ3v) is 3.48. The molecule has 6 nitrogen and oxygen atoms in total. The van der Waals surface area contributed by atoms with Gasteiger partial charge in [-0.25, -0.2) is 0 Å². The molecule has 1 atom stereocenters. The number of methoxy groups -OCH3 is 1. The van der Waals surface area contributed by atoms with Gasteiger partial charge in [-0.05, 0) is 17.7 Å². The predicted molar refractivity (Wildman–Crippen MR) is 83.9 cm³/mol. The third kappa shape index (κ3) is 4.69. The molecule has 0 saturated carbocycles. The van der Waals surface area contributed by atoms with Gasteiger partial charge in [-0.3, -0.25) is 9.59 Å². The van der Waals surface area contributed by atoms with Crippen LogP contribution >= 0.6 is 12.4 Å². The number of hydrogen-bond acceptors (Lipinski definition) is 5. The summed E-state index contributed by atoms with van der Waals surface area (Å²) in [7, 11) is 1.34.